The van der Waals surface area contributed by atoms with Crippen LogP contribution >= 0.6 is 0 Å². The van der Waals surface area contributed by atoms with Crippen molar-refractivity contribution in [1.29, 1.82) is 0 Å². The first-order valence-corrected chi connectivity index (χ1v) is 11.3. The zero-order valence-corrected chi connectivity index (χ0v) is 19.4. The Morgan fingerprint density at radius 3 is 2.23 bits per heavy atom. The quantitative estimate of drug-likeness (QED) is 0.239. The predicted octanol–water partition coefficient (Wildman–Crippen LogP) is 7.59. The lowest BCUT2D eigenvalue weighted by Gasteiger charge is -2.11. The molecule has 0 aliphatic heterocycles. The van der Waals surface area contributed by atoms with E-state index in [9.17, 15) is 0 Å². The highest BCUT2D eigenvalue weighted by Gasteiger charge is 2.18. The SMILES string of the molecule is C=C/C=C(\C=C)c1nc(-c2ccccc2)nc(-n2c3ccccc3c3cc(C(=C)C=C)ccc32)n1. The Kier molecular flexibility index (Phi) is 5.78. The van der Waals surface area contributed by atoms with Crippen molar-refractivity contribution < 1.29 is 0 Å². The van der Waals surface area contributed by atoms with Crippen molar-refractivity contribution in [2.45, 2.75) is 0 Å². The molecule has 0 aliphatic carbocycles. The average Bonchev–Trinajstić information content (AvgIpc) is 3.25. The molecule has 0 fully saturated rings. The van der Waals surface area contributed by atoms with E-state index in [4.69, 9.17) is 15.0 Å². The van der Waals surface area contributed by atoms with Crippen LogP contribution in [0, 0.1) is 0 Å². The molecule has 4 nitrogen and oxygen atoms in total. The van der Waals surface area contributed by atoms with Crippen LogP contribution < -0.4 is 0 Å². The molecule has 0 N–H and O–H groups in total. The van der Waals surface area contributed by atoms with Crippen LogP contribution in [-0.4, -0.2) is 19.5 Å². The normalized spacial score (nSPS) is 11.5. The van der Waals surface area contributed by atoms with Crippen LogP contribution in [0.1, 0.15) is 11.4 Å². The fourth-order valence-corrected chi connectivity index (χ4v) is 4.18. The zero-order chi connectivity index (χ0) is 24.4. The molecule has 35 heavy (non-hydrogen) atoms. The molecular formula is C31H24N4. The highest BCUT2D eigenvalue weighted by atomic mass is 15.2. The number of benzene rings is 3. The van der Waals surface area contributed by atoms with Crippen LogP contribution in [0.5, 0.6) is 0 Å². The van der Waals surface area contributed by atoms with Gasteiger partial charge in [-0.1, -0.05) is 105 Å². The van der Waals surface area contributed by atoms with E-state index in [-0.39, 0.29) is 0 Å². The van der Waals surface area contributed by atoms with E-state index in [0.717, 1.165) is 44.1 Å². The fraction of sp³-hybridized carbons (Fsp3) is 0. The summed E-state index contributed by atoms with van der Waals surface area (Å²) in [7, 11) is 0. The summed E-state index contributed by atoms with van der Waals surface area (Å²) < 4.78 is 2.08. The summed E-state index contributed by atoms with van der Waals surface area (Å²) in [6.45, 7) is 15.8. The van der Waals surface area contributed by atoms with Gasteiger partial charge in [-0.05, 0) is 29.3 Å². The van der Waals surface area contributed by atoms with Crippen molar-refractivity contribution in [1.82, 2.24) is 19.5 Å². The largest absolute Gasteiger partial charge is 0.278 e. The van der Waals surface area contributed by atoms with Gasteiger partial charge in [0.2, 0.25) is 5.95 Å². The molecule has 5 aromatic rings. The molecule has 0 amide bonds. The van der Waals surface area contributed by atoms with Gasteiger partial charge in [0.1, 0.15) is 0 Å². The Bertz CT molecular complexity index is 1650. The average molecular weight is 453 g/mol. The van der Waals surface area contributed by atoms with Crippen LogP contribution in [0.15, 0.2) is 123 Å². The number of allylic oxidation sites excluding steroid dienone is 6. The van der Waals surface area contributed by atoms with E-state index in [0.29, 0.717) is 17.6 Å². The highest BCUT2D eigenvalue weighted by Crippen LogP contribution is 2.33. The third-order valence-electron chi connectivity index (χ3n) is 5.92. The van der Waals surface area contributed by atoms with Gasteiger partial charge in [0.15, 0.2) is 11.6 Å². The van der Waals surface area contributed by atoms with Gasteiger partial charge in [-0.15, -0.1) is 0 Å². The predicted molar refractivity (Wildman–Crippen MR) is 147 cm³/mol. The zero-order valence-electron chi connectivity index (χ0n) is 19.4. The van der Waals surface area contributed by atoms with Gasteiger partial charge in [-0.2, -0.15) is 9.97 Å². The van der Waals surface area contributed by atoms with Gasteiger partial charge >= 0.3 is 0 Å². The number of para-hydroxylation sites is 1. The Morgan fingerprint density at radius 2 is 1.49 bits per heavy atom. The lowest BCUT2D eigenvalue weighted by atomic mass is 10.0. The first kappa shape index (κ1) is 22.0. The van der Waals surface area contributed by atoms with Gasteiger partial charge in [0.05, 0.1) is 11.0 Å². The molecule has 0 saturated carbocycles. The van der Waals surface area contributed by atoms with Gasteiger partial charge < -0.3 is 0 Å². The molecule has 0 unspecified atom stereocenters. The smallest absolute Gasteiger partial charge is 0.238 e. The molecule has 4 heteroatoms. The Labute approximate surface area is 204 Å². The van der Waals surface area contributed by atoms with Crippen molar-refractivity contribution in [3.63, 3.8) is 0 Å². The van der Waals surface area contributed by atoms with Crippen LogP contribution in [0.25, 0.3) is 50.3 Å². The van der Waals surface area contributed by atoms with Gasteiger partial charge in [0.25, 0.3) is 0 Å². The van der Waals surface area contributed by atoms with Crippen molar-refractivity contribution in [2.24, 2.45) is 0 Å². The molecule has 0 atom stereocenters. The number of fused-ring (bicyclic) bond motifs is 3. The summed E-state index contributed by atoms with van der Waals surface area (Å²) in [5.41, 5.74) is 5.59. The summed E-state index contributed by atoms with van der Waals surface area (Å²) in [5, 5.41) is 2.20. The molecule has 2 aromatic heterocycles. The summed E-state index contributed by atoms with van der Waals surface area (Å²) in [6.07, 6.45) is 7.05. The number of hydrogen-bond acceptors (Lipinski definition) is 3. The van der Waals surface area contributed by atoms with Crippen molar-refractivity contribution >= 4 is 33.0 Å². The minimum absolute atomic E-state index is 0.534. The summed E-state index contributed by atoms with van der Waals surface area (Å²) in [6, 6.07) is 24.4. The second-order valence-corrected chi connectivity index (χ2v) is 8.02. The van der Waals surface area contributed by atoms with Gasteiger partial charge in [0, 0.05) is 21.9 Å². The van der Waals surface area contributed by atoms with E-state index < -0.39 is 0 Å². The molecule has 3 aromatic carbocycles. The van der Waals surface area contributed by atoms with Gasteiger partial charge in [-0.3, -0.25) is 4.57 Å². The molecule has 0 bridgehead atoms. The van der Waals surface area contributed by atoms with Crippen LogP contribution in [0.4, 0.5) is 0 Å². The molecule has 0 aliphatic rings. The Balaban J connectivity index is 1.85. The van der Waals surface area contributed by atoms with Crippen molar-refractivity contribution in [2.75, 3.05) is 0 Å². The van der Waals surface area contributed by atoms with Gasteiger partial charge in [-0.25, -0.2) is 4.98 Å². The lowest BCUT2D eigenvalue weighted by molar-refractivity contribution is 0.932. The van der Waals surface area contributed by atoms with Crippen LogP contribution in [-0.2, 0) is 0 Å². The summed E-state index contributed by atoms with van der Waals surface area (Å²) >= 11 is 0. The highest BCUT2D eigenvalue weighted by molar-refractivity contribution is 6.10. The molecule has 2 heterocycles. The molecule has 0 spiro atoms. The second kappa shape index (κ2) is 9.20. The molecule has 168 valence electrons. The minimum Gasteiger partial charge on any atom is -0.278 e. The fourth-order valence-electron chi connectivity index (χ4n) is 4.18. The van der Waals surface area contributed by atoms with E-state index in [1.54, 1.807) is 18.2 Å². The first-order valence-electron chi connectivity index (χ1n) is 11.3. The summed E-state index contributed by atoms with van der Waals surface area (Å²) in [4.78, 5) is 14.6. The molecule has 5 rings (SSSR count). The topological polar surface area (TPSA) is 43.6 Å². The monoisotopic (exact) mass is 452 g/mol. The van der Waals surface area contributed by atoms with Crippen molar-refractivity contribution in [3.05, 3.63) is 135 Å². The number of nitrogens with zero attached hydrogens (tertiary/aromatic N) is 4. The Hall–Kier alpha value is -4.83. The maximum Gasteiger partial charge on any atom is 0.238 e. The number of hydrogen-bond donors (Lipinski definition) is 0. The molecule has 0 saturated heterocycles. The number of rotatable bonds is 7. The van der Waals surface area contributed by atoms with Crippen LogP contribution in [0.2, 0.25) is 0 Å². The van der Waals surface area contributed by atoms with E-state index >= 15 is 0 Å². The molecular weight excluding hydrogens is 428 g/mol. The minimum atomic E-state index is 0.534. The lowest BCUT2D eigenvalue weighted by Crippen LogP contribution is -2.07. The molecule has 0 radical (unpaired) electrons. The maximum atomic E-state index is 4.92. The van der Waals surface area contributed by atoms with E-state index in [2.05, 4.69) is 61.2 Å². The maximum absolute atomic E-state index is 4.92. The summed E-state index contributed by atoms with van der Waals surface area (Å²) in [5.74, 6) is 1.66. The number of aromatic nitrogens is 4. The third kappa shape index (κ3) is 3.91. The third-order valence-corrected chi connectivity index (χ3v) is 5.92. The first-order chi connectivity index (χ1) is 17.1. The standard InChI is InChI=1S/C31H24N4/c1-5-13-22(7-3)29-32-30(23-14-9-8-10-15-23)34-31(33-29)35-27-17-12-11-16-25(27)26-20-24(21(4)6-2)18-19-28(26)35/h5-20H,1-4H2/b22-13+. The second-order valence-electron chi connectivity index (χ2n) is 8.02. The van der Waals surface area contributed by atoms with E-state index in [1.807, 2.05) is 48.5 Å². The van der Waals surface area contributed by atoms with Crippen molar-refractivity contribution in [3.8, 4) is 17.3 Å². The Morgan fingerprint density at radius 1 is 0.743 bits per heavy atom. The van der Waals surface area contributed by atoms with E-state index in [1.165, 1.54) is 0 Å². The van der Waals surface area contributed by atoms with Crippen LogP contribution in [0.3, 0.4) is 0 Å².